The molecular weight excluding hydrogens is 378 g/mol. The Balaban J connectivity index is 1.51. The van der Waals surface area contributed by atoms with Gasteiger partial charge in [-0.15, -0.1) is 0 Å². The van der Waals surface area contributed by atoms with E-state index in [2.05, 4.69) is 15.7 Å². The van der Waals surface area contributed by atoms with Gasteiger partial charge in [-0.2, -0.15) is 5.10 Å². The lowest BCUT2D eigenvalue weighted by Gasteiger charge is -2.12. The Morgan fingerprint density at radius 1 is 1.00 bits per heavy atom. The molecule has 0 atom stereocenters. The van der Waals surface area contributed by atoms with E-state index in [9.17, 15) is 9.59 Å². The zero-order valence-electron chi connectivity index (χ0n) is 17.2. The van der Waals surface area contributed by atoms with Crippen LogP contribution >= 0.6 is 0 Å². The summed E-state index contributed by atoms with van der Waals surface area (Å²) in [5.74, 6) is -0.252. The molecule has 0 saturated heterocycles. The number of anilines is 2. The maximum Gasteiger partial charge on any atom is 0.224 e. The van der Waals surface area contributed by atoms with E-state index in [1.807, 2.05) is 42.6 Å². The number of rotatable bonds is 5. The molecule has 7 heteroatoms. The van der Waals surface area contributed by atoms with E-state index in [1.54, 1.807) is 24.3 Å². The van der Waals surface area contributed by atoms with Gasteiger partial charge in [-0.1, -0.05) is 18.2 Å². The molecule has 0 aliphatic rings. The van der Waals surface area contributed by atoms with Crippen molar-refractivity contribution < 1.29 is 9.59 Å². The molecule has 4 rings (SSSR count). The molecule has 2 heterocycles. The highest BCUT2D eigenvalue weighted by Gasteiger charge is 2.15. The van der Waals surface area contributed by atoms with Crippen LogP contribution in [0.5, 0.6) is 0 Å². The Labute approximate surface area is 174 Å². The molecule has 0 aliphatic heterocycles. The molecule has 2 aromatic carbocycles. The van der Waals surface area contributed by atoms with E-state index in [0.717, 1.165) is 33.5 Å². The van der Waals surface area contributed by atoms with Gasteiger partial charge in [0.15, 0.2) is 5.65 Å². The third kappa shape index (κ3) is 3.87. The van der Waals surface area contributed by atoms with Gasteiger partial charge < -0.3 is 10.6 Å². The Morgan fingerprint density at radius 2 is 1.73 bits per heavy atom. The Bertz CT molecular complexity index is 1280. The minimum Gasteiger partial charge on any atom is -0.326 e. The van der Waals surface area contributed by atoms with Crippen LogP contribution in [0.25, 0.3) is 16.6 Å². The zero-order chi connectivity index (χ0) is 21.3. The van der Waals surface area contributed by atoms with Crippen LogP contribution in [-0.2, 0) is 16.0 Å². The minimum absolute atomic E-state index is 0.0977. The molecule has 0 unspecified atom stereocenters. The second kappa shape index (κ2) is 7.94. The number of carbonyl (C=O) groups is 2. The summed E-state index contributed by atoms with van der Waals surface area (Å²) in [5.41, 5.74) is 5.96. The highest BCUT2D eigenvalue weighted by Crippen LogP contribution is 2.23. The number of benzene rings is 2. The van der Waals surface area contributed by atoms with E-state index < -0.39 is 0 Å². The zero-order valence-corrected chi connectivity index (χ0v) is 17.2. The molecule has 0 spiro atoms. The lowest BCUT2D eigenvalue weighted by Crippen LogP contribution is -2.14. The van der Waals surface area contributed by atoms with E-state index in [1.165, 1.54) is 6.92 Å². The monoisotopic (exact) mass is 401 g/mol. The number of hydrogen-bond acceptors (Lipinski definition) is 4. The Hall–Kier alpha value is -3.74. The molecule has 0 saturated carbocycles. The summed E-state index contributed by atoms with van der Waals surface area (Å²) in [6.45, 7) is 5.43. The predicted octanol–water partition coefficient (Wildman–Crippen LogP) is 4.03. The third-order valence-corrected chi connectivity index (χ3v) is 5.09. The lowest BCUT2D eigenvalue weighted by molar-refractivity contribution is -0.116. The SMILES string of the molecule is CC(=O)Nc1cccc(NC(=O)CCc2c(C)nc3c4ccccc4nn3c2C)c1. The van der Waals surface area contributed by atoms with Crippen LogP contribution in [0.1, 0.15) is 30.3 Å². The Morgan fingerprint density at radius 3 is 2.50 bits per heavy atom. The third-order valence-electron chi connectivity index (χ3n) is 5.09. The molecule has 0 fully saturated rings. The number of aryl methyl sites for hydroxylation is 2. The van der Waals surface area contributed by atoms with Crippen molar-refractivity contribution in [3.8, 4) is 0 Å². The number of nitrogens with zero attached hydrogens (tertiary/aromatic N) is 3. The molecule has 152 valence electrons. The van der Waals surface area contributed by atoms with Gasteiger partial charge in [-0.05, 0) is 56.2 Å². The van der Waals surface area contributed by atoms with E-state index >= 15 is 0 Å². The largest absolute Gasteiger partial charge is 0.326 e. The molecule has 0 aliphatic carbocycles. The van der Waals surface area contributed by atoms with Gasteiger partial charge in [0.25, 0.3) is 0 Å². The van der Waals surface area contributed by atoms with Crippen LogP contribution in [-0.4, -0.2) is 26.4 Å². The average molecular weight is 401 g/mol. The topological polar surface area (TPSA) is 88.4 Å². The molecule has 2 amide bonds. The van der Waals surface area contributed by atoms with Crippen molar-refractivity contribution >= 4 is 39.7 Å². The number of fused-ring (bicyclic) bond motifs is 3. The van der Waals surface area contributed by atoms with Crippen LogP contribution < -0.4 is 10.6 Å². The van der Waals surface area contributed by atoms with Gasteiger partial charge in [-0.25, -0.2) is 9.50 Å². The standard InChI is InChI=1S/C23H23N5O2/c1-14-19(15(2)28-23(24-14)20-9-4-5-10-21(20)27-28)11-12-22(30)26-18-8-6-7-17(13-18)25-16(3)29/h4-10,13H,11-12H2,1-3H3,(H,25,29)(H,26,30). The number of nitrogens with one attached hydrogen (secondary N) is 2. The molecule has 2 aromatic heterocycles. The van der Waals surface area contributed by atoms with E-state index in [4.69, 9.17) is 4.98 Å². The quantitative estimate of drug-likeness (QED) is 0.528. The van der Waals surface area contributed by atoms with E-state index in [-0.39, 0.29) is 11.8 Å². The van der Waals surface area contributed by atoms with Crippen molar-refractivity contribution in [3.05, 3.63) is 65.5 Å². The number of amides is 2. The van der Waals surface area contributed by atoms with Crippen molar-refractivity contribution in [2.45, 2.75) is 33.6 Å². The summed E-state index contributed by atoms with van der Waals surface area (Å²) in [6, 6.07) is 15.0. The first-order valence-corrected chi connectivity index (χ1v) is 9.83. The maximum atomic E-state index is 12.5. The summed E-state index contributed by atoms with van der Waals surface area (Å²) in [6.07, 6.45) is 0.883. The molecule has 30 heavy (non-hydrogen) atoms. The smallest absolute Gasteiger partial charge is 0.224 e. The first-order chi connectivity index (χ1) is 14.4. The fourth-order valence-electron chi connectivity index (χ4n) is 3.68. The number of aromatic nitrogens is 3. The summed E-state index contributed by atoms with van der Waals surface area (Å²) in [7, 11) is 0. The van der Waals surface area contributed by atoms with Crippen LogP contribution in [0.2, 0.25) is 0 Å². The fraction of sp³-hybridized carbons (Fsp3) is 0.217. The predicted molar refractivity (Wildman–Crippen MR) is 118 cm³/mol. The van der Waals surface area contributed by atoms with Crippen LogP contribution in [0.3, 0.4) is 0 Å². The summed E-state index contributed by atoms with van der Waals surface area (Å²) in [5, 5.41) is 11.3. The average Bonchev–Trinajstić information content (AvgIpc) is 3.06. The highest BCUT2D eigenvalue weighted by atomic mass is 16.2. The normalized spacial score (nSPS) is 11.0. The maximum absolute atomic E-state index is 12.5. The lowest BCUT2D eigenvalue weighted by atomic mass is 10.1. The number of hydrogen-bond donors (Lipinski definition) is 2. The van der Waals surface area contributed by atoms with Crippen molar-refractivity contribution in [2.75, 3.05) is 10.6 Å². The van der Waals surface area contributed by atoms with Crippen LogP contribution in [0.15, 0.2) is 48.5 Å². The second-order valence-corrected chi connectivity index (χ2v) is 7.32. The summed E-state index contributed by atoms with van der Waals surface area (Å²) < 4.78 is 1.86. The summed E-state index contributed by atoms with van der Waals surface area (Å²) >= 11 is 0. The van der Waals surface area contributed by atoms with Gasteiger partial charge in [0.2, 0.25) is 11.8 Å². The van der Waals surface area contributed by atoms with Crippen molar-refractivity contribution in [1.29, 1.82) is 0 Å². The highest BCUT2D eigenvalue weighted by molar-refractivity contribution is 5.94. The summed E-state index contributed by atoms with van der Waals surface area (Å²) in [4.78, 5) is 28.5. The number of carbonyl (C=O) groups excluding carboxylic acids is 2. The molecule has 4 aromatic rings. The first kappa shape index (κ1) is 19.6. The van der Waals surface area contributed by atoms with Gasteiger partial charge in [0.1, 0.15) is 0 Å². The van der Waals surface area contributed by atoms with Gasteiger partial charge >= 0.3 is 0 Å². The Kier molecular flexibility index (Phi) is 5.18. The molecular formula is C23H23N5O2. The molecule has 0 bridgehead atoms. The fourth-order valence-corrected chi connectivity index (χ4v) is 3.68. The van der Waals surface area contributed by atoms with Gasteiger partial charge in [-0.3, -0.25) is 9.59 Å². The van der Waals surface area contributed by atoms with Crippen molar-refractivity contribution in [1.82, 2.24) is 14.6 Å². The van der Waals surface area contributed by atoms with Gasteiger partial charge in [0.05, 0.1) is 5.52 Å². The van der Waals surface area contributed by atoms with E-state index in [0.29, 0.717) is 24.2 Å². The first-order valence-electron chi connectivity index (χ1n) is 9.83. The van der Waals surface area contributed by atoms with Crippen molar-refractivity contribution in [3.63, 3.8) is 0 Å². The molecule has 2 N–H and O–H groups in total. The van der Waals surface area contributed by atoms with Crippen LogP contribution in [0, 0.1) is 13.8 Å². The van der Waals surface area contributed by atoms with Gasteiger partial charge in [0, 0.05) is 41.5 Å². The minimum atomic E-state index is -0.154. The molecule has 7 nitrogen and oxygen atoms in total. The second-order valence-electron chi connectivity index (χ2n) is 7.32. The van der Waals surface area contributed by atoms with Crippen LogP contribution in [0.4, 0.5) is 11.4 Å². The van der Waals surface area contributed by atoms with Crippen molar-refractivity contribution in [2.24, 2.45) is 0 Å². The molecule has 0 radical (unpaired) electrons.